The summed E-state index contributed by atoms with van der Waals surface area (Å²) >= 11 is 0. The molecule has 2 N–H and O–H groups in total. The molecule has 0 radical (unpaired) electrons. The van der Waals surface area contributed by atoms with Crippen LogP contribution >= 0.6 is 0 Å². The smallest absolute Gasteiger partial charge is 0.410 e. The highest BCUT2D eigenvalue weighted by Gasteiger charge is 2.36. The third kappa shape index (κ3) is 4.10. The van der Waals surface area contributed by atoms with Crippen molar-refractivity contribution >= 4 is 40.4 Å². The van der Waals surface area contributed by atoms with Crippen molar-refractivity contribution in [2.75, 3.05) is 30.3 Å². The van der Waals surface area contributed by atoms with Crippen molar-refractivity contribution in [2.45, 2.75) is 57.7 Å². The van der Waals surface area contributed by atoms with E-state index in [1.807, 2.05) is 57.3 Å². The molecule has 3 aliphatic rings. The molecule has 1 unspecified atom stereocenters. The number of hydrazone groups is 1. The second kappa shape index (κ2) is 7.64. The van der Waals surface area contributed by atoms with Crippen LogP contribution in [0.3, 0.4) is 0 Å². The quantitative estimate of drug-likeness (QED) is 0.731. The van der Waals surface area contributed by atoms with Crippen molar-refractivity contribution in [2.24, 2.45) is 5.10 Å². The van der Waals surface area contributed by atoms with Gasteiger partial charge in [-0.25, -0.2) is 4.79 Å². The van der Waals surface area contributed by atoms with E-state index in [1.165, 1.54) is 0 Å². The number of anilines is 2. The molecule has 1 fully saturated rings. The molecular weight excluding hydrogens is 418 g/mol. The van der Waals surface area contributed by atoms with E-state index in [0.29, 0.717) is 13.1 Å². The number of carbonyl (C=O) groups excluding carboxylic acids is 2. The lowest BCUT2D eigenvalue weighted by atomic mass is 9.99. The first-order valence-corrected chi connectivity index (χ1v) is 11.6. The van der Waals surface area contributed by atoms with Gasteiger partial charge in [0.2, 0.25) is 0 Å². The molecule has 174 valence electrons. The zero-order chi connectivity index (χ0) is 23.4. The number of carbonyl (C=O) groups is 2. The Morgan fingerprint density at radius 1 is 1.21 bits per heavy atom. The average Bonchev–Trinajstić information content (AvgIpc) is 3.30. The summed E-state index contributed by atoms with van der Waals surface area (Å²) in [5.74, 6) is -0.0507. The first-order valence-electron chi connectivity index (χ1n) is 11.6. The fourth-order valence-electron chi connectivity index (χ4n) is 4.89. The lowest BCUT2D eigenvalue weighted by Crippen LogP contribution is -2.49. The van der Waals surface area contributed by atoms with Gasteiger partial charge in [0.1, 0.15) is 5.60 Å². The molecule has 0 aromatic heterocycles. The molecule has 2 aromatic rings. The van der Waals surface area contributed by atoms with Crippen LogP contribution in [0.1, 0.15) is 50.9 Å². The van der Waals surface area contributed by atoms with Crippen molar-refractivity contribution in [1.82, 2.24) is 9.91 Å². The van der Waals surface area contributed by atoms with Gasteiger partial charge in [-0.15, -0.1) is 0 Å². The van der Waals surface area contributed by atoms with Gasteiger partial charge in [-0.2, -0.15) is 5.10 Å². The number of hydrogen-bond acceptors (Lipinski definition) is 6. The maximum absolute atomic E-state index is 12.4. The van der Waals surface area contributed by atoms with Crippen molar-refractivity contribution in [3.8, 4) is 0 Å². The molecule has 1 atom stereocenters. The highest BCUT2D eigenvalue weighted by Crippen LogP contribution is 2.38. The van der Waals surface area contributed by atoms with Crippen LogP contribution in [0.5, 0.6) is 0 Å². The lowest BCUT2D eigenvalue weighted by Gasteiger charge is -2.37. The largest absolute Gasteiger partial charge is 0.444 e. The van der Waals surface area contributed by atoms with Crippen LogP contribution < -0.4 is 10.6 Å². The summed E-state index contributed by atoms with van der Waals surface area (Å²) in [6, 6.07) is 10.1. The Balaban J connectivity index is 1.24. The van der Waals surface area contributed by atoms with E-state index < -0.39 is 5.60 Å². The van der Waals surface area contributed by atoms with Gasteiger partial charge in [0.25, 0.3) is 5.91 Å². The first-order chi connectivity index (χ1) is 15.6. The molecule has 0 spiro atoms. The molecule has 3 aliphatic heterocycles. The van der Waals surface area contributed by atoms with E-state index >= 15 is 0 Å². The van der Waals surface area contributed by atoms with Crippen LogP contribution in [0.2, 0.25) is 0 Å². The predicted molar refractivity (Wildman–Crippen MR) is 130 cm³/mol. The van der Waals surface area contributed by atoms with Crippen molar-refractivity contribution in [1.29, 1.82) is 0 Å². The van der Waals surface area contributed by atoms with E-state index in [4.69, 9.17) is 9.84 Å². The maximum Gasteiger partial charge on any atom is 0.410 e. The Morgan fingerprint density at radius 2 is 1.97 bits per heavy atom. The minimum Gasteiger partial charge on any atom is -0.444 e. The highest BCUT2D eigenvalue weighted by molar-refractivity contribution is 6.25. The molecule has 2 amide bonds. The fraction of sp³-hybridized carbons (Fsp3) is 0.480. The molecule has 33 heavy (non-hydrogen) atoms. The average molecular weight is 450 g/mol. The summed E-state index contributed by atoms with van der Waals surface area (Å²) in [5.41, 5.74) is 1.75. The molecule has 0 saturated carbocycles. The van der Waals surface area contributed by atoms with Crippen LogP contribution in [0, 0.1) is 0 Å². The number of hydrogen-bond donors (Lipinski definition) is 2. The van der Waals surface area contributed by atoms with Crippen LogP contribution in [-0.4, -0.2) is 64.9 Å². The molecule has 1 saturated heterocycles. The topological polar surface area (TPSA) is 86.3 Å². The van der Waals surface area contributed by atoms with Crippen LogP contribution in [0.25, 0.3) is 10.8 Å². The molecule has 5 rings (SSSR count). The Morgan fingerprint density at radius 3 is 2.70 bits per heavy atom. The molecule has 0 bridgehead atoms. The monoisotopic (exact) mass is 449 g/mol. The summed E-state index contributed by atoms with van der Waals surface area (Å²) in [4.78, 5) is 26.4. The van der Waals surface area contributed by atoms with Gasteiger partial charge >= 0.3 is 6.09 Å². The maximum atomic E-state index is 12.4. The number of piperidine rings is 1. The van der Waals surface area contributed by atoms with Gasteiger partial charge < -0.3 is 20.3 Å². The number of nitrogens with one attached hydrogen (secondary N) is 2. The normalized spacial score (nSPS) is 22.7. The van der Waals surface area contributed by atoms with Gasteiger partial charge in [0.15, 0.2) is 0 Å². The summed E-state index contributed by atoms with van der Waals surface area (Å²) in [7, 11) is 0. The number of ether oxygens (including phenoxy) is 1. The van der Waals surface area contributed by atoms with E-state index in [1.54, 1.807) is 4.90 Å². The molecule has 0 aliphatic carbocycles. The molecule has 3 heterocycles. The first kappa shape index (κ1) is 21.6. The minimum absolute atomic E-state index is 0.0507. The van der Waals surface area contributed by atoms with Gasteiger partial charge in [-0.1, -0.05) is 12.1 Å². The molecule has 8 heteroatoms. The Bertz CT molecular complexity index is 1150. The van der Waals surface area contributed by atoms with Gasteiger partial charge in [0, 0.05) is 40.8 Å². The molecule has 2 aromatic carbocycles. The number of rotatable bonds is 3. The number of benzene rings is 2. The second-order valence-electron chi connectivity index (χ2n) is 10.4. The van der Waals surface area contributed by atoms with Crippen LogP contribution in [0.4, 0.5) is 16.2 Å². The van der Waals surface area contributed by atoms with Crippen molar-refractivity contribution in [3.63, 3.8) is 0 Å². The number of amides is 2. The van der Waals surface area contributed by atoms with E-state index in [9.17, 15) is 9.59 Å². The Kier molecular flexibility index (Phi) is 4.99. The van der Waals surface area contributed by atoms with E-state index in [-0.39, 0.29) is 23.6 Å². The van der Waals surface area contributed by atoms with Crippen LogP contribution in [-0.2, 0) is 4.74 Å². The van der Waals surface area contributed by atoms with E-state index in [2.05, 4.69) is 22.6 Å². The van der Waals surface area contributed by atoms with E-state index in [0.717, 1.165) is 47.1 Å². The fourth-order valence-corrected chi connectivity index (χ4v) is 4.89. The van der Waals surface area contributed by atoms with Crippen LogP contribution in [0.15, 0.2) is 35.4 Å². The van der Waals surface area contributed by atoms with Crippen molar-refractivity contribution < 1.29 is 14.3 Å². The summed E-state index contributed by atoms with van der Waals surface area (Å²) in [6.07, 6.45) is 3.46. The van der Waals surface area contributed by atoms with Gasteiger partial charge in [-0.05, 0) is 58.7 Å². The minimum atomic E-state index is -0.480. The summed E-state index contributed by atoms with van der Waals surface area (Å²) < 4.78 is 5.51. The highest BCUT2D eigenvalue weighted by atomic mass is 16.6. The number of likely N-dealkylation sites (tertiary alicyclic amines) is 1. The van der Waals surface area contributed by atoms with Gasteiger partial charge in [0.05, 0.1) is 24.3 Å². The second-order valence-corrected chi connectivity index (χ2v) is 10.4. The van der Waals surface area contributed by atoms with Gasteiger partial charge in [-0.3, -0.25) is 9.80 Å². The third-order valence-electron chi connectivity index (χ3n) is 6.47. The molecular formula is C25H31N5O3. The lowest BCUT2D eigenvalue weighted by molar-refractivity contribution is 0.0146. The number of nitrogens with zero attached hydrogens (tertiary/aromatic N) is 3. The third-order valence-corrected chi connectivity index (χ3v) is 6.47. The molecule has 8 nitrogen and oxygen atoms in total. The summed E-state index contributed by atoms with van der Waals surface area (Å²) in [5, 5.41) is 15.5. The standard InChI is InChI=1S/C25H31N5O3/c1-24(2,3)33-23(32)29-12-10-16(11-13-29)30-15-25(4,14-26-30)28-19-8-9-20-21-17(19)6-5-7-18(21)22(31)27-20/h5-9,14,16,28H,10-13,15H2,1-4H3,(H,27,31). The SMILES string of the molecule is CC1(Nc2ccc3c4c(cccc24)C(=O)N3)C=NN(C2CCN(C(=O)OC(C)(C)C)CC2)C1. The summed E-state index contributed by atoms with van der Waals surface area (Å²) in [6.45, 7) is 9.89. The zero-order valence-corrected chi connectivity index (χ0v) is 19.6. The predicted octanol–water partition coefficient (Wildman–Crippen LogP) is 4.28. The van der Waals surface area contributed by atoms with Crippen molar-refractivity contribution in [3.05, 3.63) is 35.9 Å². The Hall–Kier alpha value is -3.29. The Labute approximate surface area is 193 Å². The zero-order valence-electron chi connectivity index (χ0n) is 19.6.